The Morgan fingerprint density at radius 3 is 2.41 bits per heavy atom. The first kappa shape index (κ1) is 22.2. The third-order valence-electron chi connectivity index (χ3n) is 6.36. The van der Waals surface area contributed by atoms with Crippen LogP contribution in [0, 0.1) is 0 Å². The summed E-state index contributed by atoms with van der Waals surface area (Å²) in [6.07, 6.45) is 3.90. The molecule has 5 rings (SSSR count). The van der Waals surface area contributed by atoms with Crippen molar-refractivity contribution in [3.8, 4) is 11.4 Å². The van der Waals surface area contributed by atoms with Gasteiger partial charge >= 0.3 is 0 Å². The van der Waals surface area contributed by atoms with Crippen molar-refractivity contribution in [2.75, 3.05) is 12.0 Å². The van der Waals surface area contributed by atoms with E-state index in [9.17, 15) is 0 Å². The van der Waals surface area contributed by atoms with Gasteiger partial charge in [-0.1, -0.05) is 44.2 Å². The number of thiocarbonyl (C=S) groups is 1. The molecule has 0 spiro atoms. The molecule has 5 nitrogen and oxygen atoms in total. The summed E-state index contributed by atoms with van der Waals surface area (Å²) in [5, 5.41) is 4.24. The number of pyridine rings is 1. The summed E-state index contributed by atoms with van der Waals surface area (Å²) < 4.78 is 7.86. The summed E-state index contributed by atoms with van der Waals surface area (Å²) in [6, 6.07) is 26.8. The number of ether oxygens (including phenoxy) is 1. The van der Waals surface area contributed by atoms with Crippen molar-refractivity contribution in [3.63, 3.8) is 0 Å². The number of benzene rings is 2. The summed E-state index contributed by atoms with van der Waals surface area (Å²) in [6.45, 7) is 4.41. The van der Waals surface area contributed by atoms with Gasteiger partial charge < -0.3 is 19.5 Å². The third kappa shape index (κ3) is 3.94. The Labute approximate surface area is 206 Å². The van der Waals surface area contributed by atoms with Gasteiger partial charge in [-0.25, -0.2) is 0 Å². The Morgan fingerprint density at radius 1 is 0.941 bits per heavy atom. The molecule has 2 atom stereocenters. The normalized spacial score (nSPS) is 17.8. The van der Waals surface area contributed by atoms with Gasteiger partial charge in [0.25, 0.3) is 0 Å². The Hall–Kier alpha value is -3.64. The number of para-hydroxylation sites is 2. The molecule has 2 aromatic carbocycles. The SMILES string of the molecule is COc1ccccc1-n1cccc1[C@H]1[C@@H](c2ccccn2)NC(=S)N1c1ccc(C(C)C)cc1. The molecule has 34 heavy (non-hydrogen) atoms. The first-order valence-corrected chi connectivity index (χ1v) is 11.9. The number of nitrogens with zero attached hydrogens (tertiary/aromatic N) is 3. The van der Waals surface area contributed by atoms with E-state index in [-0.39, 0.29) is 12.1 Å². The molecule has 0 saturated carbocycles. The van der Waals surface area contributed by atoms with Crippen LogP contribution in [0.2, 0.25) is 0 Å². The average molecular weight is 469 g/mol. The predicted molar refractivity (Wildman–Crippen MR) is 141 cm³/mol. The summed E-state index contributed by atoms with van der Waals surface area (Å²) in [5.74, 6) is 1.29. The van der Waals surface area contributed by atoms with Crippen LogP contribution in [0.3, 0.4) is 0 Å². The maximum atomic E-state index is 5.90. The fourth-order valence-electron chi connectivity index (χ4n) is 4.64. The number of nitrogens with one attached hydrogen (secondary N) is 1. The van der Waals surface area contributed by atoms with E-state index in [4.69, 9.17) is 17.0 Å². The van der Waals surface area contributed by atoms with Crippen LogP contribution in [0.15, 0.2) is 91.3 Å². The molecule has 2 aromatic heterocycles. The van der Waals surface area contributed by atoms with Gasteiger partial charge in [0.15, 0.2) is 5.11 Å². The van der Waals surface area contributed by atoms with Crippen molar-refractivity contribution >= 4 is 23.0 Å². The fourth-order valence-corrected chi connectivity index (χ4v) is 4.98. The van der Waals surface area contributed by atoms with E-state index in [1.54, 1.807) is 7.11 Å². The van der Waals surface area contributed by atoms with E-state index < -0.39 is 0 Å². The van der Waals surface area contributed by atoms with Crippen LogP contribution in [0.25, 0.3) is 5.69 Å². The van der Waals surface area contributed by atoms with Crippen molar-refractivity contribution in [2.45, 2.75) is 31.8 Å². The molecule has 1 N–H and O–H groups in total. The molecule has 1 aliphatic heterocycles. The standard InChI is InChI=1S/C28H28N4OS/c1-19(2)20-13-15-21(16-14-20)32-27(26(30-28(32)34)22-9-6-7-17-29-22)24-11-8-18-31(24)23-10-4-5-12-25(23)33-3/h4-19,26-27H,1-3H3,(H,30,34)/t26-,27+/m1/s1. The zero-order chi connectivity index (χ0) is 23.7. The highest BCUT2D eigenvalue weighted by Gasteiger charge is 2.42. The molecule has 1 saturated heterocycles. The van der Waals surface area contributed by atoms with E-state index in [0.717, 1.165) is 28.5 Å². The third-order valence-corrected chi connectivity index (χ3v) is 6.68. The number of rotatable bonds is 6. The van der Waals surface area contributed by atoms with Crippen molar-refractivity contribution in [1.29, 1.82) is 0 Å². The lowest BCUT2D eigenvalue weighted by molar-refractivity contribution is 0.412. The number of methoxy groups -OCH3 is 1. The second kappa shape index (κ2) is 9.31. The summed E-state index contributed by atoms with van der Waals surface area (Å²) in [4.78, 5) is 6.88. The highest BCUT2D eigenvalue weighted by molar-refractivity contribution is 7.80. The molecule has 3 heterocycles. The lowest BCUT2D eigenvalue weighted by Gasteiger charge is -2.29. The van der Waals surface area contributed by atoms with Crippen LogP contribution in [-0.4, -0.2) is 21.8 Å². The maximum Gasteiger partial charge on any atom is 0.174 e. The molecule has 172 valence electrons. The van der Waals surface area contributed by atoms with Gasteiger partial charge in [-0.2, -0.15) is 0 Å². The maximum absolute atomic E-state index is 5.90. The minimum absolute atomic E-state index is 0.104. The molecule has 4 aromatic rings. The van der Waals surface area contributed by atoms with E-state index in [0.29, 0.717) is 11.0 Å². The van der Waals surface area contributed by atoms with Gasteiger partial charge in [-0.15, -0.1) is 0 Å². The highest BCUT2D eigenvalue weighted by atomic mass is 32.1. The number of anilines is 1. The zero-order valence-electron chi connectivity index (χ0n) is 19.6. The van der Waals surface area contributed by atoms with Gasteiger partial charge in [0.1, 0.15) is 11.8 Å². The molecular formula is C28H28N4OS. The number of aromatic nitrogens is 2. The number of hydrogen-bond acceptors (Lipinski definition) is 3. The van der Waals surface area contributed by atoms with Gasteiger partial charge in [0.05, 0.1) is 24.5 Å². The van der Waals surface area contributed by atoms with Gasteiger partial charge in [-0.05, 0) is 72.2 Å². The largest absolute Gasteiger partial charge is 0.495 e. The fraction of sp³-hybridized carbons (Fsp3) is 0.214. The second-order valence-electron chi connectivity index (χ2n) is 8.72. The summed E-state index contributed by atoms with van der Waals surface area (Å²) >= 11 is 5.90. The Balaban J connectivity index is 1.66. The van der Waals surface area contributed by atoms with Crippen molar-refractivity contribution in [1.82, 2.24) is 14.9 Å². The minimum atomic E-state index is -0.109. The van der Waals surface area contributed by atoms with Gasteiger partial charge in [-0.3, -0.25) is 4.98 Å². The smallest absolute Gasteiger partial charge is 0.174 e. The van der Waals surface area contributed by atoms with Crippen LogP contribution in [0.1, 0.15) is 48.8 Å². The molecule has 6 heteroatoms. The first-order valence-electron chi connectivity index (χ1n) is 11.5. The molecular weight excluding hydrogens is 440 g/mol. The molecule has 1 aliphatic rings. The molecule has 0 amide bonds. The predicted octanol–water partition coefficient (Wildman–Crippen LogP) is 6.18. The lowest BCUT2D eigenvalue weighted by Crippen LogP contribution is -2.30. The summed E-state index contributed by atoms with van der Waals surface area (Å²) in [7, 11) is 1.70. The van der Waals surface area contributed by atoms with Crippen molar-refractivity contribution < 1.29 is 4.74 Å². The molecule has 1 fully saturated rings. The van der Waals surface area contributed by atoms with E-state index in [1.807, 2.05) is 36.5 Å². The Morgan fingerprint density at radius 2 is 1.71 bits per heavy atom. The monoisotopic (exact) mass is 468 g/mol. The second-order valence-corrected chi connectivity index (χ2v) is 9.10. The molecule has 0 aliphatic carbocycles. The molecule has 0 unspecified atom stereocenters. The average Bonchev–Trinajstić information content (AvgIpc) is 3.48. The van der Waals surface area contributed by atoms with Crippen LogP contribution in [0.5, 0.6) is 5.75 Å². The van der Waals surface area contributed by atoms with Crippen molar-refractivity contribution in [3.05, 3.63) is 108 Å². The minimum Gasteiger partial charge on any atom is -0.495 e. The van der Waals surface area contributed by atoms with Crippen LogP contribution in [0.4, 0.5) is 5.69 Å². The lowest BCUT2D eigenvalue weighted by atomic mass is 9.99. The van der Waals surface area contributed by atoms with E-state index in [1.165, 1.54) is 5.56 Å². The van der Waals surface area contributed by atoms with Gasteiger partial charge in [0, 0.05) is 23.8 Å². The topological polar surface area (TPSA) is 42.3 Å². The Bertz CT molecular complexity index is 1280. The summed E-state index contributed by atoms with van der Waals surface area (Å²) in [5.41, 5.74) is 5.39. The molecule has 0 bridgehead atoms. The van der Waals surface area contributed by atoms with Crippen molar-refractivity contribution in [2.24, 2.45) is 0 Å². The van der Waals surface area contributed by atoms with Gasteiger partial charge in [0.2, 0.25) is 0 Å². The quantitative estimate of drug-likeness (QED) is 0.342. The highest BCUT2D eigenvalue weighted by Crippen LogP contribution is 2.43. The van der Waals surface area contributed by atoms with E-state index in [2.05, 4.69) is 88.3 Å². The van der Waals surface area contributed by atoms with Crippen LogP contribution >= 0.6 is 12.2 Å². The van der Waals surface area contributed by atoms with Crippen LogP contribution < -0.4 is 15.0 Å². The van der Waals surface area contributed by atoms with E-state index >= 15 is 0 Å². The molecule has 0 radical (unpaired) electrons. The zero-order valence-corrected chi connectivity index (χ0v) is 20.4. The first-order chi connectivity index (χ1) is 16.6. The van der Waals surface area contributed by atoms with Crippen LogP contribution in [-0.2, 0) is 0 Å². The Kier molecular flexibility index (Phi) is 6.07. The number of hydrogen-bond donors (Lipinski definition) is 1.